The molecule has 0 bridgehead atoms. The van der Waals surface area contributed by atoms with Gasteiger partial charge in [-0.15, -0.1) is 11.3 Å². The molecule has 4 aromatic rings. The van der Waals surface area contributed by atoms with Crippen molar-refractivity contribution in [1.29, 1.82) is 0 Å². The number of nitrogens with zero attached hydrogens (tertiary/aromatic N) is 3. The van der Waals surface area contributed by atoms with Crippen LogP contribution in [0.3, 0.4) is 0 Å². The van der Waals surface area contributed by atoms with Crippen molar-refractivity contribution in [3.63, 3.8) is 0 Å². The molecule has 0 aliphatic carbocycles. The quantitative estimate of drug-likeness (QED) is 0.455. The molecule has 0 atom stereocenters. The number of amides is 2. The van der Waals surface area contributed by atoms with Gasteiger partial charge in [0.15, 0.2) is 0 Å². The molecule has 2 aromatic carbocycles. The Balaban J connectivity index is 1.70. The van der Waals surface area contributed by atoms with Crippen molar-refractivity contribution in [3.05, 3.63) is 81.7 Å². The molecule has 0 saturated carbocycles. The Labute approximate surface area is 195 Å². The zero-order valence-corrected chi connectivity index (χ0v) is 19.3. The molecule has 0 spiro atoms. The SMILES string of the molecule is Cc1ccc(-c2csc3ncn(CC(=O)N(CCC(N)=O)c4ccccc4)c(=O)c23)cc1C. The van der Waals surface area contributed by atoms with Gasteiger partial charge >= 0.3 is 0 Å². The average Bonchev–Trinajstić information content (AvgIpc) is 3.23. The minimum atomic E-state index is -0.500. The van der Waals surface area contributed by atoms with Crippen LogP contribution < -0.4 is 16.2 Å². The Kier molecular flexibility index (Phi) is 6.37. The number of anilines is 1. The van der Waals surface area contributed by atoms with E-state index in [4.69, 9.17) is 5.73 Å². The van der Waals surface area contributed by atoms with Crippen molar-refractivity contribution in [2.45, 2.75) is 26.8 Å². The van der Waals surface area contributed by atoms with Crippen molar-refractivity contribution >= 4 is 39.1 Å². The number of aromatic nitrogens is 2. The molecule has 2 aromatic heterocycles. The minimum Gasteiger partial charge on any atom is -0.370 e. The number of hydrogen-bond donors (Lipinski definition) is 1. The summed E-state index contributed by atoms with van der Waals surface area (Å²) in [6, 6.07) is 15.1. The van der Waals surface area contributed by atoms with Crippen LogP contribution in [-0.2, 0) is 16.1 Å². The molecule has 7 nitrogen and oxygen atoms in total. The number of rotatable bonds is 7. The van der Waals surface area contributed by atoms with E-state index in [0.717, 1.165) is 16.7 Å². The van der Waals surface area contributed by atoms with Gasteiger partial charge in [-0.05, 0) is 42.7 Å². The number of aryl methyl sites for hydroxylation is 2. The number of para-hydroxylation sites is 1. The zero-order valence-electron chi connectivity index (χ0n) is 18.4. The summed E-state index contributed by atoms with van der Waals surface area (Å²) in [5, 5.41) is 2.43. The van der Waals surface area contributed by atoms with E-state index in [9.17, 15) is 14.4 Å². The fraction of sp³-hybridized carbons (Fsp3) is 0.200. The average molecular weight is 461 g/mol. The highest BCUT2D eigenvalue weighted by Gasteiger charge is 2.20. The van der Waals surface area contributed by atoms with Crippen LogP contribution in [0.2, 0.25) is 0 Å². The van der Waals surface area contributed by atoms with Crippen LogP contribution >= 0.6 is 11.3 Å². The Bertz CT molecular complexity index is 1390. The largest absolute Gasteiger partial charge is 0.370 e. The smallest absolute Gasteiger partial charge is 0.263 e. The number of hydrogen-bond acceptors (Lipinski definition) is 5. The molecule has 4 rings (SSSR count). The van der Waals surface area contributed by atoms with Crippen LogP contribution in [0.15, 0.2) is 65.0 Å². The molecule has 0 unspecified atom stereocenters. The highest BCUT2D eigenvalue weighted by atomic mass is 32.1. The van der Waals surface area contributed by atoms with Gasteiger partial charge in [0.05, 0.1) is 11.7 Å². The standard InChI is InChI=1S/C25H24N4O3S/c1-16-8-9-18(12-17(16)2)20-14-33-24-23(20)25(32)28(15-27-24)13-22(31)29(11-10-21(26)30)19-6-4-3-5-7-19/h3-9,12,14-15H,10-11,13H2,1-2H3,(H2,26,30). The third-order valence-electron chi connectivity index (χ3n) is 5.63. The molecule has 2 heterocycles. The van der Waals surface area contributed by atoms with Crippen LogP contribution in [0.5, 0.6) is 0 Å². The molecule has 2 amide bonds. The maximum atomic E-state index is 13.4. The number of carbonyl (C=O) groups is 2. The normalized spacial score (nSPS) is 11.0. The highest BCUT2D eigenvalue weighted by Crippen LogP contribution is 2.31. The number of carbonyl (C=O) groups excluding carboxylic acids is 2. The number of fused-ring (bicyclic) bond motifs is 1. The van der Waals surface area contributed by atoms with Gasteiger partial charge in [-0.25, -0.2) is 4.98 Å². The molecule has 0 saturated heterocycles. The van der Waals surface area contributed by atoms with Gasteiger partial charge in [-0.3, -0.25) is 19.0 Å². The monoisotopic (exact) mass is 460 g/mol. The second-order valence-electron chi connectivity index (χ2n) is 7.90. The van der Waals surface area contributed by atoms with Crippen molar-refractivity contribution < 1.29 is 9.59 Å². The predicted molar refractivity (Wildman–Crippen MR) is 131 cm³/mol. The topological polar surface area (TPSA) is 98.3 Å². The van der Waals surface area contributed by atoms with Gasteiger partial charge in [0.2, 0.25) is 11.8 Å². The van der Waals surface area contributed by atoms with Crippen LogP contribution in [0.1, 0.15) is 17.5 Å². The van der Waals surface area contributed by atoms with Gasteiger partial charge in [0.1, 0.15) is 11.4 Å². The number of nitrogens with two attached hydrogens (primary N) is 1. The molecule has 0 aliphatic heterocycles. The Morgan fingerprint density at radius 3 is 2.55 bits per heavy atom. The van der Waals surface area contributed by atoms with Crippen molar-refractivity contribution in [3.8, 4) is 11.1 Å². The lowest BCUT2D eigenvalue weighted by Gasteiger charge is -2.22. The minimum absolute atomic E-state index is 0.0221. The van der Waals surface area contributed by atoms with Gasteiger partial charge in [-0.2, -0.15) is 0 Å². The predicted octanol–water partition coefficient (Wildman–Crippen LogP) is 3.65. The van der Waals surface area contributed by atoms with E-state index in [2.05, 4.69) is 11.1 Å². The first-order valence-electron chi connectivity index (χ1n) is 10.5. The molecule has 0 fully saturated rings. The number of benzene rings is 2. The second kappa shape index (κ2) is 9.38. The van der Waals surface area contributed by atoms with Crippen LogP contribution in [-0.4, -0.2) is 27.9 Å². The van der Waals surface area contributed by atoms with E-state index >= 15 is 0 Å². The van der Waals surface area contributed by atoms with E-state index in [1.165, 1.54) is 32.7 Å². The summed E-state index contributed by atoms with van der Waals surface area (Å²) in [4.78, 5) is 44.4. The Morgan fingerprint density at radius 2 is 1.85 bits per heavy atom. The van der Waals surface area contributed by atoms with E-state index in [0.29, 0.717) is 15.9 Å². The van der Waals surface area contributed by atoms with Gasteiger partial charge < -0.3 is 10.6 Å². The van der Waals surface area contributed by atoms with E-state index in [1.54, 1.807) is 24.3 Å². The molecule has 33 heavy (non-hydrogen) atoms. The molecule has 2 N–H and O–H groups in total. The molecule has 168 valence electrons. The molecular formula is C25H24N4O3S. The third-order valence-corrected chi connectivity index (χ3v) is 6.52. The maximum Gasteiger partial charge on any atom is 0.263 e. The number of thiophene rings is 1. The molecule has 0 radical (unpaired) electrons. The lowest BCUT2D eigenvalue weighted by molar-refractivity contribution is -0.119. The maximum absolute atomic E-state index is 13.4. The zero-order chi connectivity index (χ0) is 23.5. The summed E-state index contributed by atoms with van der Waals surface area (Å²) >= 11 is 1.40. The first kappa shape index (κ1) is 22.4. The second-order valence-corrected chi connectivity index (χ2v) is 8.76. The molecule has 8 heteroatoms. The van der Waals surface area contributed by atoms with Gasteiger partial charge in [-0.1, -0.05) is 36.4 Å². The molecular weight excluding hydrogens is 436 g/mol. The lowest BCUT2D eigenvalue weighted by Crippen LogP contribution is -2.38. The first-order chi connectivity index (χ1) is 15.8. The van der Waals surface area contributed by atoms with Crippen LogP contribution in [0, 0.1) is 13.8 Å². The fourth-order valence-corrected chi connectivity index (χ4v) is 4.57. The summed E-state index contributed by atoms with van der Waals surface area (Å²) in [5.74, 6) is -0.825. The van der Waals surface area contributed by atoms with Gasteiger partial charge in [0, 0.05) is 29.6 Å². The fourth-order valence-electron chi connectivity index (χ4n) is 3.66. The van der Waals surface area contributed by atoms with Crippen LogP contribution in [0.4, 0.5) is 5.69 Å². The van der Waals surface area contributed by atoms with Crippen LogP contribution in [0.25, 0.3) is 21.3 Å². The van der Waals surface area contributed by atoms with E-state index in [-0.39, 0.29) is 31.0 Å². The summed E-state index contributed by atoms with van der Waals surface area (Å²) in [7, 11) is 0. The Hall–Kier alpha value is -3.78. The van der Waals surface area contributed by atoms with E-state index in [1.807, 2.05) is 37.4 Å². The van der Waals surface area contributed by atoms with Crippen molar-refractivity contribution in [1.82, 2.24) is 9.55 Å². The summed E-state index contributed by atoms with van der Waals surface area (Å²) in [5.41, 5.74) is 9.73. The Morgan fingerprint density at radius 1 is 1.09 bits per heavy atom. The lowest BCUT2D eigenvalue weighted by atomic mass is 10.0. The van der Waals surface area contributed by atoms with Crippen molar-refractivity contribution in [2.24, 2.45) is 5.73 Å². The summed E-state index contributed by atoms with van der Waals surface area (Å²) in [6.45, 7) is 4.02. The highest BCUT2D eigenvalue weighted by molar-refractivity contribution is 7.17. The van der Waals surface area contributed by atoms with Gasteiger partial charge in [0.25, 0.3) is 5.56 Å². The number of primary amides is 1. The first-order valence-corrected chi connectivity index (χ1v) is 11.4. The summed E-state index contributed by atoms with van der Waals surface area (Å²) < 4.78 is 1.32. The molecule has 0 aliphatic rings. The van der Waals surface area contributed by atoms with Crippen molar-refractivity contribution in [2.75, 3.05) is 11.4 Å². The summed E-state index contributed by atoms with van der Waals surface area (Å²) in [6.07, 6.45) is 1.43. The van der Waals surface area contributed by atoms with E-state index < -0.39 is 5.91 Å². The third kappa shape index (κ3) is 4.70.